The van der Waals surface area contributed by atoms with Crippen molar-refractivity contribution in [2.75, 3.05) is 52.2 Å². The molecule has 4 heteroatoms. The second-order valence-electron chi connectivity index (χ2n) is 6.03. The van der Waals surface area contributed by atoms with Gasteiger partial charge in [0.2, 0.25) is 0 Å². The van der Waals surface area contributed by atoms with Crippen molar-refractivity contribution < 1.29 is 4.74 Å². The van der Waals surface area contributed by atoms with E-state index in [1.165, 1.54) is 38.2 Å². The lowest BCUT2D eigenvalue weighted by molar-refractivity contribution is 0.229. The third kappa shape index (κ3) is 5.56. The number of anilines is 1. The number of nitrogens with one attached hydrogen (secondary N) is 1. The predicted molar refractivity (Wildman–Crippen MR) is 89.2 cm³/mol. The smallest absolute Gasteiger partial charge is 0.121 e. The first-order valence-electron chi connectivity index (χ1n) is 8.04. The van der Waals surface area contributed by atoms with Crippen molar-refractivity contribution in [1.82, 2.24) is 9.80 Å². The molecule has 1 fully saturated rings. The third-order valence-corrected chi connectivity index (χ3v) is 4.05. The first-order valence-corrected chi connectivity index (χ1v) is 8.04. The molecule has 0 aromatic heterocycles. The van der Waals surface area contributed by atoms with Crippen LogP contribution in [0.1, 0.15) is 19.8 Å². The first kappa shape index (κ1) is 16.1. The molecule has 0 aliphatic carbocycles. The number of likely N-dealkylation sites (N-methyl/N-ethyl adjacent to an activating group) is 1. The fraction of sp³-hybridized carbons (Fsp3) is 0.647. The fourth-order valence-electron chi connectivity index (χ4n) is 2.65. The number of piperidine rings is 1. The molecule has 0 spiro atoms. The van der Waals surface area contributed by atoms with E-state index in [0.717, 1.165) is 18.9 Å². The quantitative estimate of drug-likeness (QED) is 0.835. The largest absolute Gasteiger partial charge is 0.492 e. The Kier molecular flexibility index (Phi) is 6.33. The van der Waals surface area contributed by atoms with Gasteiger partial charge < -0.3 is 19.9 Å². The summed E-state index contributed by atoms with van der Waals surface area (Å²) < 4.78 is 5.79. The monoisotopic (exact) mass is 291 g/mol. The summed E-state index contributed by atoms with van der Waals surface area (Å²) in [4.78, 5) is 4.64. The Balaban J connectivity index is 1.81. The zero-order valence-corrected chi connectivity index (χ0v) is 13.6. The Labute approximate surface area is 129 Å². The molecule has 1 aliphatic rings. The van der Waals surface area contributed by atoms with Crippen molar-refractivity contribution >= 4 is 5.69 Å². The van der Waals surface area contributed by atoms with Gasteiger partial charge in [0.15, 0.2) is 0 Å². The molecular formula is C17H29N3O. The molecule has 1 N–H and O–H groups in total. The van der Waals surface area contributed by atoms with Crippen LogP contribution in [-0.2, 0) is 0 Å². The average Bonchev–Trinajstić information content (AvgIpc) is 2.48. The summed E-state index contributed by atoms with van der Waals surface area (Å²) in [5, 5.41) is 3.65. The van der Waals surface area contributed by atoms with Gasteiger partial charge in [-0.2, -0.15) is 0 Å². The number of rotatable bonds is 7. The zero-order valence-electron chi connectivity index (χ0n) is 13.6. The van der Waals surface area contributed by atoms with Crippen LogP contribution in [0.15, 0.2) is 24.3 Å². The summed E-state index contributed by atoms with van der Waals surface area (Å²) in [5.41, 5.74) is 1.17. The summed E-state index contributed by atoms with van der Waals surface area (Å²) in [6.07, 6.45) is 2.44. The van der Waals surface area contributed by atoms with Crippen molar-refractivity contribution in [3.8, 4) is 5.75 Å². The van der Waals surface area contributed by atoms with Crippen LogP contribution in [0.4, 0.5) is 5.69 Å². The zero-order chi connectivity index (χ0) is 15.1. The molecule has 1 heterocycles. The summed E-state index contributed by atoms with van der Waals surface area (Å²) in [7, 11) is 4.12. The van der Waals surface area contributed by atoms with Crippen LogP contribution in [0, 0.1) is 0 Å². The van der Waals surface area contributed by atoms with Gasteiger partial charge in [-0.1, -0.05) is 13.0 Å². The Morgan fingerprint density at radius 1 is 1.29 bits per heavy atom. The molecule has 21 heavy (non-hydrogen) atoms. The lowest BCUT2D eigenvalue weighted by Gasteiger charge is -2.32. The van der Waals surface area contributed by atoms with Crippen molar-refractivity contribution in [3.63, 3.8) is 0 Å². The van der Waals surface area contributed by atoms with Gasteiger partial charge in [0.1, 0.15) is 12.4 Å². The minimum atomic E-state index is 0.588. The number of likely N-dealkylation sites (tertiary alicyclic amines) is 1. The number of hydrogen-bond acceptors (Lipinski definition) is 4. The molecule has 1 aromatic carbocycles. The molecule has 4 nitrogen and oxygen atoms in total. The van der Waals surface area contributed by atoms with Crippen molar-refractivity contribution in [2.45, 2.75) is 25.8 Å². The summed E-state index contributed by atoms with van der Waals surface area (Å²) >= 11 is 0. The summed E-state index contributed by atoms with van der Waals surface area (Å²) in [5.74, 6) is 0.952. The third-order valence-electron chi connectivity index (χ3n) is 4.05. The van der Waals surface area contributed by atoms with E-state index in [-0.39, 0.29) is 0 Å². The molecular weight excluding hydrogens is 262 g/mol. The van der Waals surface area contributed by atoms with E-state index in [4.69, 9.17) is 4.74 Å². The van der Waals surface area contributed by atoms with Crippen molar-refractivity contribution in [2.24, 2.45) is 0 Å². The van der Waals surface area contributed by atoms with Gasteiger partial charge in [-0.15, -0.1) is 0 Å². The normalized spacial score (nSPS) is 17.1. The molecule has 118 valence electrons. The molecule has 1 aromatic rings. The highest BCUT2D eigenvalue weighted by molar-refractivity contribution is 5.48. The molecule has 2 rings (SSSR count). The van der Waals surface area contributed by atoms with Gasteiger partial charge in [-0.05, 0) is 45.6 Å². The van der Waals surface area contributed by atoms with Gasteiger partial charge in [0, 0.05) is 37.4 Å². The molecule has 0 unspecified atom stereocenters. The Morgan fingerprint density at radius 2 is 2.05 bits per heavy atom. The molecule has 0 amide bonds. The van der Waals surface area contributed by atoms with Crippen LogP contribution >= 0.6 is 0 Å². The van der Waals surface area contributed by atoms with E-state index >= 15 is 0 Å². The first-order chi connectivity index (χ1) is 10.2. The Morgan fingerprint density at radius 3 is 2.71 bits per heavy atom. The lowest BCUT2D eigenvalue weighted by atomic mass is 10.0. The fourth-order valence-corrected chi connectivity index (χ4v) is 2.65. The van der Waals surface area contributed by atoms with E-state index < -0.39 is 0 Å². The van der Waals surface area contributed by atoms with Crippen LogP contribution < -0.4 is 10.1 Å². The van der Waals surface area contributed by atoms with Crippen LogP contribution in [-0.4, -0.2) is 62.7 Å². The topological polar surface area (TPSA) is 27.7 Å². The van der Waals surface area contributed by atoms with E-state index in [0.29, 0.717) is 6.04 Å². The minimum Gasteiger partial charge on any atom is -0.492 e. The molecule has 1 saturated heterocycles. The van der Waals surface area contributed by atoms with Gasteiger partial charge in [-0.3, -0.25) is 0 Å². The second kappa shape index (κ2) is 8.25. The van der Waals surface area contributed by atoms with Gasteiger partial charge in [-0.25, -0.2) is 0 Å². The summed E-state index contributed by atoms with van der Waals surface area (Å²) in [6.45, 7) is 7.48. The van der Waals surface area contributed by atoms with E-state index in [1.54, 1.807) is 0 Å². The highest BCUT2D eigenvalue weighted by atomic mass is 16.5. The van der Waals surface area contributed by atoms with Crippen molar-refractivity contribution in [3.05, 3.63) is 24.3 Å². The Hall–Kier alpha value is -1.26. The maximum absolute atomic E-state index is 5.79. The van der Waals surface area contributed by atoms with Gasteiger partial charge in [0.25, 0.3) is 0 Å². The van der Waals surface area contributed by atoms with E-state index in [1.807, 2.05) is 6.07 Å². The SMILES string of the molecule is CCN1CCC(Nc2cccc(OCCN(C)C)c2)CC1. The van der Waals surface area contributed by atoms with Crippen LogP contribution in [0.2, 0.25) is 0 Å². The highest BCUT2D eigenvalue weighted by Crippen LogP contribution is 2.21. The van der Waals surface area contributed by atoms with Crippen molar-refractivity contribution in [1.29, 1.82) is 0 Å². The second-order valence-corrected chi connectivity index (χ2v) is 6.03. The van der Waals surface area contributed by atoms with E-state index in [2.05, 4.69) is 54.3 Å². The maximum Gasteiger partial charge on any atom is 0.121 e. The molecule has 1 aliphatic heterocycles. The maximum atomic E-state index is 5.79. The minimum absolute atomic E-state index is 0.588. The van der Waals surface area contributed by atoms with Gasteiger partial charge in [0.05, 0.1) is 0 Å². The predicted octanol–water partition coefficient (Wildman–Crippen LogP) is 2.52. The van der Waals surface area contributed by atoms with Gasteiger partial charge >= 0.3 is 0 Å². The Bertz CT molecular complexity index is 414. The van der Waals surface area contributed by atoms with E-state index in [9.17, 15) is 0 Å². The molecule has 0 atom stereocenters. The number of nitrogens with zero attached hydrogens (tertiary/aromatic N) is 2. The number of ether oxygens (including phenoxy) is 1. The average molecular weight is 291 g/mol. The highest BCUT2D eigenvalue weighted by Gasteiger charge is 2.17. The molecule has 0 bridgehead atoms. The molecule has 0 saturated carbocycles. The lowest BCUT2D eigenvalue weighted by Crippen LogP contribution is -2.38. The van der Waals surface area contributed by atoms with Crippen LogP contribution in [0.5, 0.6) is 5.75 Å². The number of hydrogen-bond donors (Lipinski definition) is 1. The summed E-state index contributed by atoms with van der Waals surface area (Å²) in [6, 6.07) is 8.92. The van der Waals surface area contributed by atoms with Crippen LogP contribution in [0.3, 0.4) is 0 Å². The number of benzene rings is 1. The van der Waals surface area contributed by atoms with Crippen LogP contribution in [0.25, 0.3) is 0 Å². The standard InChI is InChI=1S/C17H29N3O/c1-4-20-10-8-15(9-11-20)18-16-6-5-7-17(14-16)21-13-12-19(2)3/h5-7,14-15,18H,4,8-13H2,1-3H3. The molecule has 0 radical (unpaired) electrons.